The fourth-order valence-electron chi connectivity index (χ4n) is 1.40. The van der Waals surface area contributed by atoms with E-state index in [1.54, 1.807) is 0 Å². The van der Waals surface area contributed by atoms with Gasteiger partial charge in [-0.1, -0.05) is 0 Å². The molecule has 0 atom stereocenters. The minimum Gasteiger partial charge on any atom is -0.465 e. The monoisotopic (exact) mass is 320 g/mol. The molecule has 0 aliphatic heterocycles. The molecule has 0 heterocycles. The molecule has 1 aromatic carbocycles. The summed E-state index contributed by atoms with van der Waals surface area (Å²) in [5, 5.41) is 0. The summed E-state index contributed by atoms with van der Waals surface area (Å²) >= 11 is 0. The maximum Gasteiger partial charge on any atom is 0.404 e. The lowest BCUT2D eigenvalue weighted by Gasteiger charge is -2.10. The molecule has 0 bridgehead atoms. The molecule has 1 rings (SSSR count). The van der Waals surface area contributed by atoms with E-state index in [0.29, 0.717) is 6.07 Å². The van der Waals surface area contributed by atoms with Crippen molar-refractivity contribution in [3.05, 3.63) is 29.6 Å². The van der Waals surface area contributed by atoms with Crippen molar-refractivity contribution >= 4 is 22.1 Å². The van der Waals surface area contributed by atoms with Crippen LogP contribution in [0.25, 0.3) is 0 Å². The first-order valence-corrected chi connectivity index (χ1v) is 7.06. The average molecular weight is 320 g/mol. The van der Waals surface area contributed by atoms with Gasteiger partial charge in [0, 0.05) is 6.54 Å². The standard InChI is InChI=1S/C11H13FN2O6S/c1-19-10(15)8-3-2-7(12)6-9(8)21(17,18)14-4-5-20-11(13)16/h2-3,6,14H,4-5H2,1H3,(H2,13,16). The molecule has 1 amide bonds. The van der Waals surface area contributed by atoms with E-state index in [9.17, 15) is 22.4 Å². The van der Waals surface area contributed by atoms with Crippen molar-refractivity contribution in [2.75, 3.05) is 20.3 Å². The van der Waals surface area contributed by atoms with Crippen LogP contribution in [0.15, 0.2) is 23.1 Å². The quantitative estimate of drug-likeness (QED) is 0.561. The molecular weight excluding hydrogens is 307 g/mol. The molecule has 21 heavy (non-hydrogen) atoms. The number of benzene rings is 1. The van der Waals surface area contributed by atoms with E-state index >= 15 is 0 Å². The fourth-order valence-corrected chi connectivity index (χ4v) is 2.62. The third-order valence-corrected chi connectivity index (χ3v) is 3.78. The lowest BCUT2D eigenvalue weighted by Crippen LogP contribution is -2.30. The number of esters is 1. The number of ether oxygens (including phenoxy) is 2. The van der Waals surface area contributed by atoms with Crippen molar-refractivity contribution in [1.29, 1.82) is 0 Å². The number of hydrogen-bond acceptors (Lipinski definition) is 6. The highest BCUT2D eigenvalue weighted by Crippen LogP contribution is 2.18. The number of carbonyl (C=O) groups excluding carboxylic acids is 2. The van der Waals surface area contributed by atoms with Gasteiger partial charge in [-0.3, -0.25) is 0 Å². The van der Waals surface area contributed by atoms with Gasteiger partial charge in [-0.25, -0.2) is 27.1 Å². The number of primary amides is 1. The molecular formula is C11H13FN2O6S. The number of hydrogen-bond donors (Lipinski definition) is 2. The van der Waals surface area contributed by atoms with E-state index in [-0.39, 0.29) is 18.7 Å². The van der Waals surface area contributed by atoms with E-state index in [1.165, 1.54) is 0 Å². The smallest absolute Gasteiger partial charge is 0.404 e. The number of sulfonamides is 1. The van der Waals surface area contributed by atoms with E-state index < -0.39 is 32.8 Å². The molecule has 0 fully saturated rings. The number of halogens is 1. The first-order valence-electron chi connectivity index (χ1n) is 5.57. The summed E-state index contributed by atoms with van der Waals surface area (Å²) in [6.07, 6.45) is -1.06. The van der Waals surface area contributed by atoms with Crippen LogP contribution in [-0.2, 0) is 19.5 Å². The van der Waals surface area contributed by atoms with Gasteiger partial charge in [0.05, 0.1) is 17.6 Å². The SMILES string of the molecule is COC(=O)c1ccc(F)cc1S(=O)(=O)NCCOC(N)=O. The van der Waals surface area contributed by atoms with Gasteiger partial charge in [0.2, 0.25) is 10.0 Å². The Labute approximate surface area is 120 Å². The van der Waals surface area contributed by atoms with E-state index in [2.05, 4.69) is 9.47 Å². The van der Waals surface area contributed by atoms with E-state index in [4.69, 9.17) is 5.73 Å². The minimum atomic E-state index is -4.19. The molecule has 8 nitrogen and oxygen atoms in total. The van der Waals surface area contributed by atoms with Crippen LogP contribution in [0.5, 0.6) is 0 Å². The maximum absolute atomic E-state index is 13.2. The highest BCUT2D eigenvalue weighted by atomic mass is 32.2. The van der Waals surface area contributed by atoms with Crippen LogP contribution >= 0.6 is 0 Å². The Kier molecular flexibility index (Phi) is 5.61. The molecule has 10 heteroatoms. The molecule has 0 spiro atoms. The van der Waals surface area contributed by atoms with Crippen molar-refractivity contribution in [1.82, 2.24) is 4.72 Å². The predicted molar refractivity (Wildman–Crippen MR) is 68.5 cm³/mol. The average Bonchev–Trinajstić information content (AvgIpc) is 2.42. The number of amides is 1. The molecule has 1 aromatic rings. The van der Waals surface area contributed by atoms with Gasteiger partial charge in [-0.15, -0.1) is 0 Å². The molecule has 116 valence electrons. The Morgan fingerprint density at radius 1 is 1.38 bits per heavy atom. The Balaban J connectivity index is 2.99. The maximum atomic E-state index is 13.2. The normalized spacial score (nSPS) is 11.0. The topological polar surface area (TPSA) is 125 Å². The highest BCUT2D eigenvalue weighted by Gasteiger charge is 2.23. The first-order chi connectivity index (χ1) is 9.77. The Morgan fingerprint density at radius 2 is 2.05 bits per heavy atom. The van der Waals surface area contributed by atoms with Gasteiger partial charge < -0.3 is 15.2 Å². The Hall–Kier alpha value is -2.20. The summed E-state index contributed by atoms with van der Waals surface area (Å²) in [6.45, 7) is -0.597. The third-order valence-electron chi connectivity index (χ3n) is 2.28. The second kappa shape index (κ2) is 6.99. The number of nitrogens with one attached hydrogen (secondary N) is 1. The first kappa shape index (κ1) is 16.9. The summed E-state index contributed by atoms with van der Waals surface area (Å²) in [4.78, 5) is 21.2. The van der Waals surface area contributed by atoms with Crippen molar-refractivity contribution in [3.63, 3.8) is 0 Å². The molecule has 0 saturated heterocycles. The van der Waals surface area contributed by atoms with Crippen LogP contribution in [0.4, 0.5) is 9.18 Å². The molecule has 3 N–H and O–H groups in total. The summed E-state index contributed by atoms with van der Waals surface area (Å²) in [5.41, 5.74) is 4.39. The van der Waals surface area contributed by atoms with E-state index in [0.717, 1.165) is 19.2 Å². The van der Waals surface area contributed by atoms with Gasteiger partial charge in [0.1, 0.15) is 12.4 Å². The molecule has 0 radical (unpaired) electrons. The Morgan fingerprint density at radius 3 is 2.62 bits per heavy atom. The van der Waals surface area contributed by atoms with Crippen LogP contribution in [0, 0.1) is 5.82 Å². The molecule has 0 saturated carbocycles. The Bertz CT molecular complexity index is 646. The fraction of sp³-hybridized carbons (Fsp3) is 0.273. The number of methoxy groups -OCH3 is 1. The number of rotatable bonds is 6. The number of carbonyl (C=O) groups is 2. The second-order valence-corrected chi connectivity index (χ2v) is 5.43. The third kappa shape index (κ3) is 4.68. The second-order valence-electron chi connectivity index (χ2n) is 3.70. The lowest BCUT2D eigenvalue weighted by atomic mass is 10.2. The number of nitrogens with two attached hydrogens (primary N) is 1. The zero-order valence-corrected chi connectivity index (χ0v) is 11.8. The van der Waals surface area contributed by atoms with Crippen LogP contribution in [0.2, 0.25) is 0 Å². The van der Waals surface area contributed by atoms with Crippen molar-refractivity contribution in [2.24, 2.45) is 5.73 Å². The summed E-state index contributed by atoms with van der Waals surface area (Å²) in [5.74, 6) is -1.76. The zero-order chi connectivity index (χ0) is 16.0. The predicted octanol–water partition coefficient (Wildman–Crippen LogP) is -0.0141. The van der Waals surface area contributed by atoms with Crippen molar-refractivity contribution in [3.8, 4) is 0 Å². The van der Waals surface area contributed by atoms with Gasteiger partial charge in [-0.2, -0.15) is 0 Å². The summed E-state index contributed by atoms with van der Waals surface area (Å²) in [6, 6.07) is 2.61. The van der Waals surface area contributed by atoms with Crippen LogP contribution in [0.1, 0.15) is 10.4 Å². The van der Waals surface area contributed by atoms with Gasteiger partial charge >= 0.3 is 12.1 Å². The van der Waals surface area contributed by atoms with Crippen LogP contribution in [-0.4, -0.2) is 40.7 Å². The minimum absolute atomic E-state index is 0.289. The summed E-state index contributed by atoms with van der Waals surface area (Å²) < 4.78 is 48.0. The molecule has 0 aliphatic carbocycles. The lowest BCUT2D eigenvalue weighted by molar-refractivity contribution is 0.0596. The van der Waals surface area contributed by atoms with Gasteiger partial charge in [-0.05, 0) is 18.2 Å². The molecule has 0 unspecified atom stereocenters. The summed E-state index contributed by atoms with van der Waals surface area (Å²) in [7, 11) is -3.12. The largest absolute Gasteiger partial charge is 0.465 e. The van der Waals surface area contributed by atoms with E-state index in [1.807, 2.05) is 4.72 Å². The van der Waals surface area contributed by atoms with Crippen molar-refractivity contribution in [2.45, 2.75) is 4.90 Å². The van der Waals surface area contributed by atoms with Crippen LogP contribution < -0.4 is 10.5 Å². The molecule has 0 aromatic heterocycles. The van der Waals surface area contributed by atoms with Crippen LogP contribution in [0.3, 0.4) is 0 Å². The molecule has 0 aliphatic rings. The van der Waals surface area contributed by atoms with Crippen molar-refractivity contribution < 1.29 is 31.9 Å². The van der Waals surface area contributed by atoms with Gasteiger partial charge in [0.25, 0.3) is 0 Å². The zero-order valence-electron chi connectivity index (χ0n) is 11.0. The van der Waals surface area contributed by atoms with Gasteiger partial charge in [0.15, 0.2) is 0 Å². The highest BCUT2D eigenvalue weighted by molar-refractivity contribution is 7.89.